The van der Waals surface area contributed by atoms with Crippen molar-refractivity contribution >= 4 is 11.9 Å². The molecule has 0 fully saturated rings. The quantitative estimate of drug-likeness (QED) is 0.0494. The first-order valence-electron chi connectivity index (χ1n) is 24.4. The van der Waals surface area contributed by atoms with Gasteiger partial charge in [0, 0.05) is 12.8 Å². The maximum atomic E-state index is 12.0. The molecule has 0 amide bonds. The van der Waals surface area contributed by atoms with E-state index in [9.17, 15) is 14.7 Å². The van der Waals surface area contributed by atoms with Crippen molar-refractivity contribution in [3.05, 3.63) is 0 Å². The molecule has 0 saturated heterocycles. The van der Waals surface area contributed by atoms with Crippen LogP contribution in [0.5, 0.6) is 0 Å². The molecule has 0 aliphatic rings. The van der Waals surface area contributed by atoms with Crippen LogP contribution in [-0.4, -0.2) is 36.4 Å². The Morgan fingerprint density at radius 1 is 0.370 bits per heavy atom. The fourth-order valence-corrected chi connectivity index (χ4v) is 7.45. The van der Waals surface area contributed by atoms with Gasteiger partial charge < -0.3 is 14.6 Å². The summed E-state index contributed by atoms with van der Waals surface area (Å²) in [6.07, 6.45) is 47.4. The van der Waals surface area contributed by atoms with Crippen molar-refractivity contribution < 1.29 is 24.2 Å². The number of ether oxygens (including phenoxy) is 2. The van der Waals surface area contributed by atoms with Crippen molar-refractivity contribution in [2.75, 3.05) is 13.2 Å². The molecule has 0 aromatic carbocycles. The van der Waals surface area contributed by atoms with Crippen LogP contribution in [0.3, 0.4) is 0 Å². The Kier molecular flexibility index (Phi) is 42.2. The first-order chi connectivity index (χ1) is 26.4. The van der Waals surface area contributed by atoms with Crippen LogP contribution in [0.15, 0.2) is 0 Å². The van der Waals surface area contributed by atoms with Crippen molar-refractivity contribution in [3.63, 3.8) is 0 Å². The maximum Gasteiger partial charge on any atom is 0.305 e. The third kappa shape index (κ3) is 42.1. The third-order valence-electron chi connectivity index (χ3n) is 11.9. The van der Waals surface area contributed by atoms with E-state index in [1.54, 1.807) is 0 Å². The van der Waals surface area contributed by atoms with Crippen LogP contribution in [0, 0.1) is 11.8 Å². The zero-order valence-corrected chi connectivity index (χ0v) is 37.1. The highest BCUT2D eigenvalue weighted by Gasteiger charge is 2.12. The first kappa shape index (κ1) is 52.9. The summed E-state index contributed by atoms with van der Waals surface area (Å²) in [6, 6.07) is 0. The van der Waals surface area contributed by atoms with E-state index in [2.05, 4.69) is 27.7 Å². The number of carbonyl (C=O) groups excluding carboxylic acids is 2. The highest BCUT2D eigenvalue weighted by molar-refractivity contribution is 5.69. The third-order valence-corrected chi connectivity index (χ3v) is 11.9. The van der Waals surface area contributed by atoms with E-state index in [0.29, 0.717) is 12.8 Å². The highest BCUT2D eigenvalue weighted by Crippen LogP contribution is 2.18. The number of carbonyl (C=O) groups is 2. The molecule has 0 spiro atoms. The molecule has 0 heterocycles. The van der Waals surface area contributed by atoms with Crippen LogP contribution in [0.1, 0.15) is 272 Å². The number of hydrogen-bond acceptors (Lipinski definition) is 5. The summed E-state index contributed by atoms with van der Waals surface area (Å²) in [4.78, 5) is 24.1. The van der Waals surface area contributed by atoms with E-state index >= 15 is 0 Å². The number of unbranched alkanes of at least 4 members (excludes halogenated alkanes) is 30. The molecule has 0 aromatic heterocycles. The Morgan fingerprint density at radius 2 is 0.574 bits per heavy atom. The molecule has 0 bridgehead atoms. The summed E-state index contributed by atoms with van der Waals surface area (Å²) in [7, 11) is 0. The molecule has 5 nitrogen and oxygen atoms in total. The second kappa shape index (κ2) is 43.0. The van der Waals surface area contributed by atoms with Gasteiger partial charge in [0.2, 0.25) is 0 Å². The molecule has 2 unspecified atom stereocenters. The molecular weight excluding hydrogens is 669 g/mol. The van der Waals surface area contributed by atoms with Gasteiger partial charge in [-0.3, -0.25) is 9.59 Å². The Morgan fingerprint density at radius 3 is 0.796 bits per heavy atom. The highest BCUT2D eigenvalue weighted by atomic mass is 16.6. The maximum absolute atomic E-state index is 12.0. The van der Waals surface area contributed by atoms with Crippen LogP contribution in [0.2, 0.25) is 0 Å². The fraction of sp³-hybridized carbons (Fsp3) is 0.959. The van der Waals surface area contributed by atoms with E-state index in [4.69, 9.17) is 9.47 Å². The first-order valence-corrected chi connectivity index (χ1v) is 24.4. The number of hydrogen-bond donors (Lipinski definition) is 1. The summed E-state index contributed by atoms with van der Waals surface area (Å²) in [5.41, 5.74) is 0. The summed E-state index contributed by atoms with van der Waals surface area (Å²) in [5.74, 6) is 1.27. The van der Waals surface area contributed by atoms with Crippen molar-refractivity contribution in [3.8, 4) is 0 Å². The van der Waals surface area contributed by atoms with Gasteiger partial charge in [-0.1, -0.05) is 246 Å². The lowest BCUT2D eigenvalue weighted by atomic mass is 9.99. The van der Waals surface area contributed by atoms with E-state index in [0.717, 1.165) is 37.5 Å². The van der Waals surface area contributed by atoms with Gasteiger partial charge in [0.05, 0.1) is 0 Å². The Labute approximate surface area is 338 Å². The smallest absolute Gasteiger partial charge is 0.305 e. The number of aliphatic hydroxyl groups is 1. The number of esters is 2. The van der Waals surface area contributed by atoms with Gasteiger partial charge in [-0.05, 0) is 24.7 Å². The fourth-order valence-electron chi connectivity index (χ4n) is 7.45. The summed E-state index contributed by atoms with van der Waals surface area (Å²) >= 11 is 0. The van der Waals surface area contributed by atoms with Crippen molar-refractivity contribution in [2.24, 2.45) is 11.8 Å². The van der Waals surface area contributed by atoms with Crippen molar-refractivity contribution in [2.45, 2.75) is 278 Å². The topological polar surface area (TPSA) is 72.8 Å². The molecule has 322 valence electrons. The molecule has 54 heavy (non-hydrogen) atoms. The van der Waals surface area contributed by atoms with Crippen LogP contribution < -0.4 is 0 Å². The average molecular weight is 765 g/mol. The van der Waals surface area contributed by atoms with Gasteiger partial charge >= 0.3 is 11.9 Å². The number of aliphatic hydroxyl groups excluding tert-OH is 1. The minimum Gasteiger partial charge on any atom is -0.463 e. The molecule has 1 N–H and O–H groups in total. The monoisotopic (exact) mass is 765 g/mol. The van der Waals surface area contributed by atoms with E-state index in [1.807, 2.05) is 0 Å². The summed E-state index contributed by atoms with van der Waals surface area (Å²) in [5, 5.41) is 10.1. The molecule has 0 aliphatic heterocycles. The molecular formula is C49H96O5. The van der Waals surface area contributed by atoms with E-state index < -0.39 is 6.10 Å². The largest absolute Gasteiger partial charge is 0.463 e. The standard InChI is InChI=1S/C49H96O5/c1-5-45(3)39-35-31-27-23-19-15-11-9-7-8-10-12-17-21-25-29-33-37-41-48(51)53-43-47(50)44-54-49(52)42-38-34-30-26-22-18-14-13-16-20-24-28-32-36-40-46(4)6-2/h45-47,50H,5-44H2,1-4H3/t45?,46?,47-/m0/s1. The molecule has 0 saturated carbocycles. The SMILES string of the molecule is CCC(C)CCCCCCCCCCCCCCCCCCCCC(=O)OC[C@H](O)COC(=O)CCCCCCCCCCCCCCCCC(C)CC. The summed E-state index contributed by atoms with van der Waals surface area (Å²) < 4.78 is 10.4. The molecule has 3 atom stereocenters. The molecule has 0 radical (unpaired) electrons. The zero-order valence-electron chi connectivity index (χ0n) is 37.1. The number of rotatable bonds is 44. The van der Waals surface area contributed by atoms with Gasteiger partial charge in [-0.15, -0.1) is 0 Å². The van der Waals surface area contributed by atoms with Gasteiger partial charge in [0.1, 0.15) is 19.3 Å². The van der Waals surface area contributed by atoms with Crippen LogP contribution >= 0.6 is 0 Å². The average Bonchev–Trinajstić information content (AvgIpc) is 3.17. The van der Waals surface area contributed by atoms with Gasteiger partial charge in [0.25, 0.3) is 0 Å². The Balaban J connectivity index is 3.35. The lowest BCUT2D eigenvalue weighted by Gasteiger charge is -2.12. The van der Waals surface area contributed by atoms with Crippen molar-refractivity contribution in [1.82, 2.24) is 0 Å². The Bertz CT molecular complexity index is 769. The van der Waals surface area contributed by atoms with Gasteiger partial charge in [-0.25, -0.2) is 0 Å². The molecule has 0 rings (SSSR count). The lowest BCUT2D eigenvalue weighted by Crippen LogP contribution is -2.25. The van der Waals surface area contributed by atoms with E-state index in [-0.39, 0.29) is 25.2 Å². The van der Waals surface area contributed by atoms with Gasteiger partial charge in [0.15, 0.2) is 0 Å². The minimum absolute atomic E-state index is 0.108. The molecule has 5 heteroatoms. The molecule has 0 aliphatic carbocycles. The molecule has 0 aromatic rings. The predicted octanol–water partition coefficient (Wildman–Crippen LogP) is 15.6. The second-order valence-corrected chi connectivity index (χ2v) is 17.4. The zero-order chi connectivity index (χ0) is 39.6. The normalized spacial score (nSPS) is 13.2. The minimum atomic E-state index is -0.957. The second-order valence-electron chi connectivity index (χ2n) is 17.4. The van der Waals surface area contributed by atoms with Gasteiger partial charge in [-0.2, -0.15) is 0 Å². The Hall–Kier alpha value is -1.10. The lowest BCUT2D eigenvalue weighted by molar-refractivity contribution is -0.152. The predicted molar refractivity (Wildman–Crippen MR) is 233 cm³/mol. The van der Waals surface area contributed by atoms with Crippen LogP contribution in [-0.2, 0) is 19.1 Å². The van der Waals surface area contributed by atoms with Crippen LogP contribution in [0.25, 0.3) is 0 Å². The van der Waals surface area contributed by atoms with Crippen molar-refractivity contribution in [1.29, 1.82) is 0 Å². The van der Waals surface area contributed by atoms with Crippen LogP contribution in [0.4, 0.5) is 0 Å². The van der Waals surface area contributed by atoms with E-state index in [1.165, 1.54) is 205 Å². The summed E-state index contributed by atoms with van der Waals surface area (Å²) in [6.45, 7) is 9.14.